The Morgan fingerprint density at radius 1 is 1.11 bits per heavy atom. The smallest absolute Gasteiger partial charge is 0.325 e. The molecule has 0 radical (unpaired) electrons. The van der Waals surface area contributed by atoms with Crippen molar-refractivity contribution in [2.45, 2.75) is 18.6 Å². The highest BCUT2D eigenvalue weighted by molar-refractivity contribution is 8.26. The second-order valence-electron chi connectivity index (χ2n) is 8.84. The number of hydrogen-bond donors (Lipinski definition) is 1. The van der Waals surface area contributed by atoms with E-state index in [1.807, 2.05) is 0 Å². The average molecular weight is 582 g/mol. The zero-order valence-electron chi connectivity index (χ0n) is 19.3. The van der Waals surface area contributed by atoms with Crippen molar-refractivity contribution in [3.63, 3.8) is 0 Å². The zero-order valence-corrected chi connectivity index (χ0v) is 21.8. The molecule has 0 spiro atoms. The highest BCUT2D eigenvalue weighted by atomic mass is 32.2. The number of thiocarbonyl (C=S) groups is 1. The summed E-state index contributed by atoms with van der Waals surface area (Å²) in [6.07, 6.45) is -4.35. The van der Waals surface area contributed by atoms with E-state index in [1.54, 1.807) is 24.3 Å². The molecule has 198 valence electrons. The standard InChI is InChI=1S/C24H18F3N3O5S3/c25-24(26,27)13-4-3-5-14(10-13)28-18(31)11-29-17-7-2-1-6-16(17)19(21(29)32)20-22(33)30(23(36)37-20)15-8-9-38(34,35)12-15/h1-7,10,15H,8-9,11-12H2,(H,28,31)/b20-19-/t15-/m0/s1. The summed E-state index contributed by atoms with van der Waals surface area (Å²) < 4.78 is 63.1. The summed E-state index contributed by atoms with van der Waals surface area (Å²) in [6.45, 7) is -0.517. The number of sulfone groups is 1. The lowest BCUT2D eigenvalue weighted by Crippen LogP contribution is -2.39. The van der Waals surface area contributed by atoms with Crippen LogP contribution in [0.2, 0.25) is 0 Å². The minimum absolute atomic E-state index is 0.0353. The van der Waals surface area contributed by atoms with Gasteiger partial charge in [0.25, 0.3) is 11.8 Å². The molecule has 3 aliphatic heterocycles. The van der Waals surface area contributed by atoms with Crippen LogP contribution in [0.3, 0.4) is 0 Å². The molecule has 2 aromatic carbocycles. The van der Waals surface area contributed by atoms with Crippen LogP contribution >= 0.6 is 24.0 Å². The Hall–Kier alpha value is -3.23. The van der Waals surface area contributed by atoms with Gasteiger partial charge in [0.2, 0.25) is 5.91 Å². The molecule has 38 heavy (non-hydrogen) atoms. The summed E-state index contributed by atoms with van der Waals surface area (Å²) in [4.78, 5) is 42.1. The normalized spacial score (nSPS) is 22.8. The molecule has 0 unspecified atom stereocenters. The van der Waals surface area contributed by atoms with Gasteiger partial charge in [-0.1, -0.05) is 48.2 Å². The summed E-state index contributed by atoms with van der Waals surface area (Å²) in [6, 6.07) is 9.99. The van der Waals surface area contributed by atoms with Gasteiger partial charge < -0.3 is 5.32 Å². The van der Waals surface area contributed by atoms with Crippen molar-refractivity contribution in [1.82, 2.24) is 4.90 Å². The maximum absolute atomic E-state index is 13.5. The number of para-hydroxylation sites is 1. The fourth-order valence-corrected chi connectivity index (χ4v) is 7.77. The molecule has 0 bridgehead atoms. The second kappa shape index (κ2) is 9.50. The molecule has 0 saturated carbocycles. The maximum Gasteiger partial charge on any atom is 0.416 e. The van der Waals surface area contributed by atoms with E-state index in [4.69, 9.17) is 12.2 Å². The lowest BCUT2D eigenvalue weighted by atomic mass is 10.1. The first kappa shape index (κ1) is 26.4. The third kappa shape index (κ3) is 4.83. The fraction of sp³-hybridized carbons (Fsp3) is 0.250. The Balaban J connectivity index is 1.42. The van der Waals surface area contributed by atoms with Crippen LogP contribution in [0, 0.1) is 0 Å². The lowest BCUT2D eigenvalue weighted by molar-refractivity contribution is -0.137. The van der Waals surface area contributed by atoms with Crippen LogP contribution in [0.4, 0.5) is 24.5 Å². The highest BCUT2D eigenvalue weighted by Crippen LogP contribution is 2.45. The number of anilines is 2. The molecule has 0 aliphatic carbocycles. The van der Waals surface area contributed by atoms with Crippen molar-refractivity contribution < 1.29 is 36.0 Å². The van der Waals surface area contributed by atoms with Gasteiger partial charge in [-0.25, -0.2) is 8.42 Å². The number of halogens is 3. The van der Waals surface area contributed by atoms with E-state index < -0.39 is 51.9 Å². The third-order valence-corrected chi connectivity index (χ3v) is 9.45. The molecule has 0 aromatic heterocycles. The monoisotopic (exact) mass is 581 g/mol. The van der Waals surface area contributed by atoms with Crippen LogP contribution in [-0.2, 0) is 30.4 Å². The van der Waals surface area contributed by atoms with E-state index in [2.05, 4.69) is 5.32 Å². The molecule has 2 saturated heterocycles. The Kier molecular flexibility index (Phi) is 6.60. The van der Waals surface area contributed by atoms with Gasteiger partial charge in [-0.05, 0) is 30.7 Å². The first-order valence-corrected chi connectivity index (χ1v) is 14.3. The number of carbonyl (C=O) groups is 3. The number of rotatable bonds is 4. The molecule has 3 heterocycles. The molecule has 8 nitrogen and oxygen atoms in total. The van der Waals surface area contributed by atoms with E-state index >= 15 is 0 Å². The Bertz CT molecular complexity index is 1540. The zero-order chi connectivity index (χ0) is 27.4. The number of carbonyl (C=O) groups excluding carboxylic acids is 3. The van der Waals surface area contributed by atoms with E-state index in [0.29, 0.717) is 11.3 Å². The van der Waals surface area contributed by atoms with E-state index in [1.165, 1.54) is 11.0 Å². The predicted octanol–water partition coefficient (Wildman–Crippen LogP) is 3.45. The number of benzene rings is 2. The summed E-state index contributed by atoms with van der Waals surface area (Å²) in [7, 11) is -3.30. The van der Waals surface area contributed by atoms with Crippen molar-refractivity contribution in [1.29, 1.82) is 0 Å². The van der Waals surface area contributed by atoms with Gasteiger partial charge in [0.05, 0.1) is 39.3 Å². The quantitative estimate of drug-likeness (QED) is 0.436. The van der Waals surface area contributed by atoms with Crippen molar-refractivity contribution in [3.05, 3.63) is 64.6 Å². The van der Waals surface area contributed by atoms with Crippen LogP contribution in [0.1, 0.15) is 17.5 Å². The number of thioether (sulfide) groups is 1. The SMILES string of the molecule is O=C(CN1C(=O)/C(=C2\SC(=S)N([C@H]3CCS(=O)(=O)C3)C2=O)c2ccccc21)Nc1cccc(C(F)(F)F)c1. The van der Waals surface area contributed by atoms with Crippen molar-refractivity contribution in [3.8, 4) is 0 Å². The molecule has 1 N–H and O–H groups in total. The lowest BCUT2D eigenvalue weighted by Gasteiger charge is -2.21. The Morgan fingerprint density at radius 2 is 1.84 bits per heavy atom. The number of nitrogens with zero attached hydrogens (tertiary/aromatic N) is 2. The van der Waals surface area contributed by atoms with Crippen LogP contribution < -0.4 is 10.2 Å². The average Bonchev–Trinajstić information content (AvgIpc) is 3.43. The largest absolute Gasteiger partial charge is 0.416 e. The molecule has 3 aliphatic rings. The first-order chi connectivity index (χ1) is 17.9. The van der Waals surface area contributed by atoms with Gasteiger partial charge in [-0.3, -0.25) is 24.2 Å². The second-order valence-corrected chi connectivity index (χ2v) is 12.7. The van der Waals surface area contributed by atoms with Gasteiger partial charge in [0.1, 0.15) is 10.9 Å². The molecule has 1 atom stereocenters. The van der Waals surface area contributed by atoms with E-state index in [-0.39, 0.29) is 38.4 Å². The molecule has 2 fully saturated rings. The first-order valence-electron chi connectivity index (χ1n) is 11.2. The van der Waals surface area contributed by atoms with Crippen LogP contribution in [0.5, 0.6) is 0 Å². The Labute approximate surface area is 224 Å². The van der Waals surface area contributed by atoms with Crippen molar-refractivity contribution in [2.24, 2.45) is 0 Å². The number of amides is 3. The maximum atomic E-state index is 13.5. The number of hydrogen-bond acceptors (Lipinski definition) is 7. The van der Waals surface area contributed by atoms with Crippen LogP contribution in [-0.4, -0.2) is 59.5 Å². The molecular weight excluding hydrogens is 563 g/mol. The van der Waals surface area contributed by atoms with Gasteiger partial charge in [0, 0.05) is 11.3 Å². The van der Waals surface area contributed by atoms with E-state index in [9.17, 15) is 36.0 Å². The fourth-order valence-electron chi connectivity index (χ4n) is 4.60. The number of alkyl halides is 3. The predicted molar refractivity (Wildman–Crippen MR) is 140 cm³/mol. The molecule has 2 aromatic rings. The molecule has 3 amide bonds. The third-order valence-electron chi connectivity index (χ3n) is 6.30. The highest BCUT2D eigenvalue weighted by Gasteiger charge is 2.46. The van der Waals surface area contributed by atoms with Crippen LogP contribution in [0.15, 0.2) is 53.4 Å². The van der Waals surface area contributed by atoms with Gasteiger partial charge in [-0.2, -0.15) is 13.2 Å². The van der Waals surface area contributed by atoms with Gasteiger partial charge >= 0.3 is 6.18 Å². The van der Waals surface area contributed by atoms with Gasteiger partial charge in [0.15, 0.2) is 9.84 Å². The minimum Gasteiger partial charge on any atom is -0.325 e. The number of nitrogens with one attached hydrogen (secondary N) is 1. The molecule has 5 rings (SSSR count). The summed E-state index contributed by atoms with van der Waals surface area (Å²) in [5, 5.41) is 2.38. The number of fused-ring (bicyclic) bond motifs is 1. The summed E-state index contributed by atoms with van der Waals surface area (Å²) in [5.41, 5.74) is -0.243. The van der Waals surface area contributed by atoms with Crippen molar-refractivity contribution in [2.75, 3.05) is 28.3 Å². The summed E-state index contributed by atoms with van der Waals surface area (Å²) in [5.74, 6) is -2.23. The van der Waals surface area contributed by atoms with Crippen LogP contribution in [0.25, 0.3) is 5.57 Å². The molecule has 14 heteroatoms. The Morgan fingerprint density at radius 3 is 2.53 bits per heavy atom. The van der Waals surface area contributed by atoms with Crippen molar-refractivity contribution >= 4 is 72.8 Å². The van der Waals surface area contributed by atoms with E-state index in [0.717, 1.165) is 34.9 Å². The summed E-state index contributed by atoms with van der Waals surface area (Å²) >= 11 is 6.26. The molecular formula is C24H18F3N3O5S3. The van der Waals surface area contributed by atoms with Gasteiger partial charge in [-0.15, -0.1) is 0 Å². The minimum atomic E-state index is -4.59. The topological polar surface area (TPSA) is 104 Å².